The predicted molar refractivity (Wildman–Crippen MR) is 114 cm³/mol. The number of rotatable bonds is 3. The van der Waals surface area contributed by atoms with Gasteiger partial charge in [-0.25, -0.2) is 0 Å². The van der Waals surface area contributed by atoms with Gasteiger partial charge in [-0.2, -0.15) is 0 Å². The van der Waals surface area contributed by atoms with Crippen molar-refractivity contribution >= 4 is 39.6 Å². The van der Waals surface area contributed by atoms with Gasteiger partial charge < -0.3 is 0 Å². The number of furan rings is 1. The Hall–Kier alpha value is -2.07. The maximum absolute atomic E-state index is 6.15. The second kappa shape index (κ2) is 6.27. The van der Waals surface area contributed by atoms with Gasteiger partial charge >= 0.3 is 158 Å². The van der Waals surface area contributed by atoms with Crippen molar-refractivity contribution in [3.8, 4) is 11.3 Å². The van der Waals surface area contributed by atoms with Crippen molar-refractivity contribution in [2.75, 3.05) is 0 Å². The molecule has 0 aliphatic heterocycles. The van der Waals surface area contributed by atoms with Crippen LogP contribution in [-0.2, 0) is 0 Å². The van der Waals surface area contributed by atoms with E-state index in [1.807, 2.05) is 6.20 Å². The summed E-state index contributed by atoms with van der Waals surface area (Å²) in [5.41, 5.74) is 5.42. The summed E-state index contributed by atoms with van der Waals surface area (Å²) < 4.78 is 7.63. The second-order valence-electron chi connectivity index (χ2n) is 8.40. The molecule has 0 aliphatic rings. The first-order chi connectivity index (χ1) is 12.3. The molecule has 0 unspecified atom stereocenters. The molecular formula is C23H25GeNO. The van der Waals surface area contributed by atoms with E-state index >= 15 is 0 Å². The summed E-state index contributed by atoms with van der Waals surface area (Å²) in [6, 6.07) is 17.5. The third-order valence-electron chi connectivity index (χ3n) is 5.08. The molecule has 0 N–H and O–H groups in total. The van der Waals surface area contributed by atoms with Crippen LogP contribution in [0.4, 0.5) is 0 Å². The van der Waals surface area contributed by atoms with E-state index in [9.17, 15) is 0 Å². The number of pyridine rings is 1. The molecule has 2 aromatic carbocycles. The van der Waals surface area contributed by atoms with Gasteiger partial charge in [0.05, 0.1) is 0 Å². The van der Waals surface area contributed by atoms with Gasteiger partial charge in [0.15, 0.2) is 0 Å². The average molecular weight is 404 g/mol. The van der Waals surface area contributed by atoms with E-state index in [0.717, 1.165) is 22.4 Å². The Kier molecular flexibility index (Phi) is 4.19. The topological polar surface area (TPSA) is 26.0 Å². The van der Waals surface area contributed by atoms with Gasteiger partial charge in [0.25, 0.3) is 0 Å². The molecule has 2 aromatic heterocycles. The minimum atomic E-state index is -1.86. The van der Waals surface area contributed by atoms with Crippen LogP contribution in [0.3, 0.4) is 0 Å². The van der Waals surface area contributed by atoms with Crippen LogP contribution in [0.2, 0.25) is 17.3 Å². The van der Waals surface area contributed by atoms with E-state index in [2.05, 4.69) is 84.6 Å². The Bertz CT molecular complexity index is 1100. The molecule has 0 radical (unpaired) electrons. The summed E-state index contributed by atoms with van der Waals surface area (Å²) >= 11 is -1.86. The normalized spacial score (nSPS) is 12.4. The third kappa shape index (κ3) is 3.07. The van der Waals surface area contributed by atoms with E-state index < -0.39 is 13.3 Å². The van der Waals surface area contributed by atoms with Gasteiger partial charge in [0.1, 0.15) is 0 Å². The first kappa shape index (κ1) is 17.4. The maximum atomic E-state index is 6.15. The van der Waals surface area contributed by atoms with Gasteiger partial charge in [0, 0.05) is 0 Å². The molecule has 2 nitrogen and oxygen atoms in total. The molecule has 0 amide bonds. The number of hydrogen-bond donors (Lipinski definition) is 0. The summed E-state index contributed by atoms with van der Waals surface area (Å²) in [6.07, 6.45) is 1.91. The van der Waals surface area contributed by atoms with Crippen LogP contribution in [0.15, 0.2) is 59.1 Å². The predicted octanol–water partition coefficient (Wildman–Crippen LogP) is 6.32. The molecule has 0 spiro atoms. The SMILES string of the molecule is CC(C)c1ccnc(-c2ccc3oc4c[c]([Ge]([CH3])([CH3])[CH3])ccc4c3c2)c1. The molecule has 26 heavy (non-hydrogen) atoms. The van der Waals surface area contributed by atoms with Crippen LogP contribution in [0.25, 0.3) is 33.2 Å². The van der Waals surface area contributed by atoms with Gasteiger partial charge in [-0.15, -0.1) is 0 Å². The van der Waals surface area contributed by atoms with Crippen LogP contribution >= 0.6 is 0 Å². The zero-order valence-corrected chi connectivity index (χ0v) is 18.2. The fourth-order valence-corrected chi connectivity index (χ4v) is 5.77. The monoisotopic (exact) mass is 405 g/mol. The van der Waals surface area contributed by atoms with Gasteiger partial charge in [-0.3, -0.25) is 0 Å². The number of nitrogens with zero attached hydrogens (tertiary/aromatic N) is 1. The molecule has 132 valence electrons. The number of fused-ring (bicyclic) bond motifs is 3. The molecule has 0 aliphatic carbocycles. The van der Waals surface area contributed by atoms with Crippen molar-refractivity contribution in [3.63, 3.8) is 0 Å². The van der Waals surface area contributed by atoms with E-state index in [-0.39, 0.29) is 0 Å². The van der Waals surface area contributed by atoms with E-state index in [1.165, 1.54) is 20.7 Å². The van der Waals surface area contributed by atoms with E-state index in [1.54, 1.807) is 0 Å². The van der Waals surface area contributed by atoms with Gasteiger partial charge in [-0.1, -0.05) is 0 Å². The molecule has 4 aromatic rings. The molecule has 2 heterocycles. The molecule has 0 bridgehead atoms. The van der Waals surface area contributed by atoms with E-state index in [4.69, 9.17) is 4.42 Å². The van der Waals surface area contributed by atoms with Crippen LogP contribution in [-0.4, -0.2) is 18.3 Å². The molecule has 4 rings (SSSR count). The second-order valence-corrected chi connectivity index (χ2v) is 19.1. The summed E-state index contributed by atoms with van der Waals surface area (Å²) in [5, 5.41) is 2.36. The van der Waals surface area contributed by atoms with Crippen molar-refractivity contribution in [1.29, 1.82) is 0 Å². The molecule has 0 fully saturated rings. The average Bonchev–Trinajstić information content (AvgIpc) is 2.98. The first-order valence-corrected chi connectivity index (χ1v) is 16.6. The quantitative estimate of drug-likeness (QED) is 0.374. The van der Waals surface area contributed by atoms with Crippen molar-refractivity contribution in [2.45, 2.75) is 37.0 Å². The Morgan fingerprint density at radius 1 is 0.846 bits per heavy atom. The summed E-state index contributed by atoms with van der Waals surface area (Å²) in [6.45, 7) is 4.42. The fourth-order valence-electron chi connectivity index (χ4n) is 3.37. The van der Waals surface area contributed by atoms with Crippen LogP contribution in [0.5, 0.6) is 0 Å². The van der Waals surface area contributed by atoms with Crippen LogP contribution < -0.4 is 4.40 Å². The van der Waals surface area contributed by atoms with Crippen LogP contribution in [0.1, 0.15) is 25.3 Å². The molecule has 0 atom stereocenters. The van der Waals surface area contributed by atoms with Gasteiger partial charge in [-0.05, 0) is 0 Å². The summed E-state index contributed by atoms with van der Waals surface area (Å²) in [4.78, 5) is 4.59. The molecular weight excluding hydrogens is 379 g/mol. The number of aromatic nitrogens is 1. The zero-order chi connectivity index (χ0) is 18.5. The summed E-state index contributed by atoms with van der Waals surface area (Å²) in [5.74, 6) is 7.73. The Balaban J connectivity index is 1.87. The Labute approximate surface area is 157 Å². The summed E-state index contributed by atoms with van der Waals surface area (Å²) in [7, 11) is 0. The van der Waals surface area contributed by atoms with Crippen molar-refractivity contribution < 1.29 is 4.42 Å². The Morgan fingerprint density at radius 3 is 2.38 bits per heavy atom. The van der Waals surface area contributed by atoms with E-state index in [0.29, 0.717) is 5.92 Å². The zero-order valence-electron chi connectivity index (χ0n) is 16.1. The van der Waals surface area contributed by atoms with Gasteiger partial charge in [0.2, 0.25) is 0 Å². The third-order valence-corrected chi connectivity index (χ3v) is 9.37. The number of hydrogen-bond acceptors (Lipinski definition) is 2. The van der Waals surface area contributed by atoms with Crippen molar-refractivity contribution in [1.82, 2.24) is 4.98 Å². The molecule has 3 heteroatoms. The van der Waals surface area contributed by atoms with Crippen molar-refractivity contribution in [3.05, 3.63) is 60.3 Å². The van der Waals surface area contributed by atoms with Crippen molar-refractivity contribution in [2.24, 2.45) is 0 Å². The fraction of sp³-hybridized carbons (Fsp3) is 0.261. The first-order valence-electron chi connectivity index (χ1n) is 9.26. The standard InChI is InChI=1S/C23H25GeNO/c1-15(2)16-10-11-25-21(13-16)17-6-9-22-20(12-17)19-8-7-18(24(3,4)5)14-23(19)26-22/h6-15H,1-5H3. The Morgan fingerprint density at radius 2 is 1.65 bits per heavy atom. The molecule has 0 saturated carbocycles. The minimum absolute atomic E-state index is 0.497. The number of benzene rings is 2. The van der Waals surface area contributed by atoms with Crippen LogP contribution in [0, 0.1) is 0 Å². The molecule has 0 saturated heterocycles.